The lowest BCUT2D eigenvalue weighted by molar-refractivity contribution is -0.137. The molecule has 2 aromatic heterocycles. The Kier molecular flexibility index (Phi) is 4.30. The fourth-order valence-electron chi connectivity index (χ4n) is 2.29. The van der Waals surface area contributed by atoms with Gasteiger partial charge in [-0.15, -0.1) is 0 Å². The molecular weight excluding hydrogens is 337 g/mol. The molecule has 1 aromatic carbocycles. The molecule has 0 unspecified atom stereocenters. The van der Waals surface area contributed by atoms with Crippen LogP contribution >= 0.6 is 0 Å². The molecule has 9 heteroatoms. The summed E-state index contributed by atoms with van der Waals surface area (Å²) >= 11 is 0. The summed E-state index contributed by atoms with van der Waals surface area (Å²) in [7, 11) is 0. The molecule has 0 amide bonds. The van der Waals surface area contributed by atoms with Crippen LogP contribution in [0.1, 0.15) is 12.5 Å². The highest BCUT2D eigenvalue weighted by molar-refractivity contribution is 5.69. The number of ether oxygens (including phenoxy) is 1. The molecule has 3 rings (SSSR count). The Morgan fingerprint density at radius 2 is 2.00 bits per heavy atom. The summed E-state index contributed by atoms with van der Waals surface area (Å²) in [5.74, 6) is -0.0656. The molecule has 2 heterocycles. The van der Waals surface area contributed by atoms with E-state index in [9.17, 15) is 18.3 Å². The molecule has 0 bridgehead atoms. The average Bonchev–Trinajstić information content (AvgIpc) is 3.06. The number of benzene rings is 1. The number of aromatic hydroxyl groups is 1. The summed E-state index contributed by atoms with van der Waals surface area (Å²) in [5.41, 5.74) is -1.06. The second-order valence-corrected chi connectivity index (χ2v) is 4.99. The molecule has 0 saturated heterocycles. The third-order valence-electron chi connectivity index (χ3n) is 3.36. The van der Waals surface area contributed by atoms with Crippen molar-refractivity contribution in [3.05, 3.63) is 42.1 Å². The number of alkyl halides is 3. The number of phenols is 1. The van der Waals surface area contributed by atoms with Crippen molar-refractivity contribution in [2.45, 2.75) is 13.1 Å². The molecule has 0 aliphatic rings. The zero-order valence-corrected chi connectivity index (χ0v) is 13.0. The number of pyridine rings is 1. The lowest BCUT2D eigenvalue weighted by Gasteiger charge is -2.09. The van der Waals surface area contributed by atoms with Crippen LogP contribution in [-0.2, 0) is 6.18 Å². The summed E-state index contributed by atoms with van der Waals surface area (Å²) in [6, 6.07) is 6.83. The Hall–Kier alpha value is -3.10. The van der Waals surface area contributed by atoms with Crippen molar-refractivity contribution in [3.8, 4) is 34.4 Å². The smallest absolute Gasteiger partial charge is 0.418 e. The Bertz CT molecular complexity index is 893. The van der Waals surface area contributed by atoms with E-state index in [1.54, 1.807) is 19.1 Å². The number of H-pyrrole nitrogens is 1. The van der Waals surface area contributed by atoms with E-state index in [4.69, 9.17) is 4.74 Å². The van der Waals surface area contributed by atoms with Crippen molar-refractivity contribution < 1.29 is 23.0 Å². The van der Waals surface area contributed by atoms with Crippen LogP contribution < -0.4 is 4.74 Å². The molecule has 0 fully saturated rings. The quantitative estimate of drug-likeness (QED) is 0.750. The predicted molar refractivity (Wildman–Crippen MR) is 82.9 cm³/mol. The van der Waals surface area contributed by atoms with Crippen molar-refractivity contribution in [2.75, 3.05) is 6.61 Å². The fourth-order valence-corrected chi connectivity index (χ4v) is 2.29. The first-order valence-electron chi connectivity index (χ1n) is 7.32. The molecule has 0 aliphatic heterocycles. The number of halogens is 3. The van der Waals surface area contributed by atoms with Crippen LogP contribution in [0.5, 0.6) is 11.5 Å². The number of para-hydroxylation sites is 1. The van der Waals surface area contributed by atoms with Crippen molar-refractivity contribution in [3.63, 3.8) is 0 Å². The molecule has 6 nitrogen and oxygen atoms in total. The predicted octanol–water partition coefficient (Wildman–Crippen LogP) is 3.66. The van der Waals surface area contributed by atoms with E-state index in [1.165, 1.54) is 18.3 Å². The first-order chi connectivity index (χ1) is 11.9. The highest BCUT2D eigenvalue weighted by Gasteiger charge is 2.35. The Labute approximate surface area is 140 Å². The number of nitrogens with one attached hydrogen (secondary N) is 1. The Morgan fingerprint density at radius 3 is 2.72 bits per heavy atom. The van der Waals surface area contributed by atoms with Gasteiger partial charge in [0.15, 0.2) is 23.1 Å². The number of aromatic nitrogens is 4. The van der Waals surface area contributed by atoms with Crippen molar-refractivity contribution in [1.82, 2.24) is 20.2 Å². The monoisotopic (exact) mass is 350 g/mol. The highest BCUT2D eigenvalue weighted by Crippen LogP contribution is 2.37. The van der Waals surface area contributed by atoms with Crippen LogP contribution in [0.4, 0.5) is 13.2 Å². The maximum Gasteiger partial charge on any atom is 0.418 e. The standard InChI is InChI=1S/C16H13F3N4O2/c1-2-25-11-7-3-5-9(13(11)24)14-21-15(23-22-14)12-10(16(17,18)19)6-4-8-20-12/h3-8,24H,2H2,1H3,(H,21,22,23). The van der Waals surface area contributed by atoms with E-state index >= 15 is 0 Å². The second-order valence-electron chi connectivity index (χ2n) is 4.99. The molecular formula is C16H13F3N4O2. The van der Waals surface area contributed by atoms with Crippen LogP contribution in [0.25, 0.3) is 22.9 Å². The number of hydrogen-bond acceptors (Lipinski definition) is 5. The molecule has 0 saturated carbocycles. The fraction of sp³-hybridized carbons (Fsp3) is 0.188. The summed E-state index contributed by atoms with van der Waals surface area (Å²) in [6.07, 6.45) is -3.34. The zero-order chi connectivity index (χ0) is 18.0. The second kappa shape index (κ2) is 6.42. The van der Waals surface area contributed by atoms with Crippen LogP contribution in [0, 0.1) is 0 Å². The van der Waals surface area contributed by atoms with Crippen LogP contribution in [-0.4, -0.2) is 31.9 Å². The molecule has 0 radical (unpaired) electrons. The first kappa shape index (κ1) is 16.7. The van der Waals surface area contributed by atoms with Crippen LogP contribution in [0.15, 0.2) is 36.5 Å². The molecule has 0 atom stereocenters. The van der Waals surface area contributed by atoms with Gasteiger partial charge in [-0.25, -0.2) is 4.98 Å². The van der Waals surface area contributed by atoms with Gasteiger partial charge in [0.1, 0.15) is 5.69 Å². The Balaban J connectivity index is 2.04. The van der Waals surface area contributed by atoms with E-state index in [0.29, 0.717) is 6.61 Å². The third-order valence-corrected chi connectivity index (χ3v) is 3.36. The minimum atomic E-state index is -4.58. The maximum absolute atomic E-state index is 13.1. The van der Waals surface area contributed by atoms with E-state index in [-0.39, 0.29) is 34.4 Å². The van der Waals surface area contributed by atoms with Gasteiger partial charge in [0, 0.05) is 6.20 Å². The van der Waals surface area contributed by atoms with Crippen LogP contribution in [0.3, 0.4) is 0 Å². The summed E-state index contributed by atoms with van der Waals surface area (Å²) in [4.78, 5) is 7.79. The minimum absolute atomic E-state index is 0.0350. The molecule has 130 valence electrons. The van der Waals surface area contributed by atoms with E-state index in [0.717, 1.165) is 6.07 Å². The van der Waals surface area contributed by atoms with Gasteiger partial charge in [-0.1, -0.05) is 6.07 Å². The number of nitrogens with zero attached hydrogens (tertiary/aromatic N) is 3. The summed E-state index contributed by atoms with van der Waals surface area (Å²) in [5, 5.41) is 16.5. The van der Waals surface area contributed by atoms with Gasteiger partial charge in [-0.05, 0) is 31.2 Å². The van der Waals surface area contributed by atoms with Gasteiger partial charge in [0.05, 0.1) is 17.7 Å². The number of phenolic OH excluding ortho intramolecular Hbond substituents is 1. The van der Waals surface area contributed by atoms with Crippen molar-refractivity contribution >= 4 is 0 Å². The molecule has 0 spiro atoms. The first-order valence-corrected chi connectivity index (χ1v) is 7.32. The number of rotatable bonds is 4. The van der Waals surface area contributed by atoms with Gasteiger partial charge in [-0.2, -0.15) is 18.3 Å². The molecule has 2 N–H and O–H groups in total. The maximum atomic E-state index is 13.1. The Morgan fingerprint density at radius 1 is 1.20 bits per heavy atom. The lowest BCUT2D eigenvalue weighted by Crippen LogP contribution is -2.08. The third kappa shape index (κ3) is 3.25. The summed E-state index contributed by atoms with van der Waals surface area (Å²) < 4.78 is 44.6. The number of hydrogen-bond donors (Lipinski definition) is 2. The van der Waals surface area contributed by atoms with E-state index in [1.807, 2.05) is 0 Å². The minimum Gasteiger partial charge on any atom is -0.504 e. The topological polar surface area (TPSA) is 83.9 Å². The van der Waals surface area contributed by atoms with E-state index in [2.05, 4.69) is 20.2 Å². The van der Waals surface area contributed by atoms with Gasteiger partial charge in [0.2, 0.25) is 0 Å². The lowest BCUT2D eigenvalue weighted by atomic mass is 10.1. The van der Waals surface area contributed by atoms with Crippen molar-refractivity contribution in [2.24, 2.45) is 0 Å². The van der Waals surface area contributed by atoms with Gasteiger partial charge in [-0.3, -0.25) is 10.1 Å². The highest BCUT2D eigenvalue weighted by atomic mass is 19.4. The average molecular weight is 350 g/mol. The van der Waals surface area contributed by atoms with Gasteiger partial charge >= 0.3 is 6.18 Å². The largest absolute Gasteiger partial charge is 0.504 e. The van der Waals surface area contributed by atoms with Crippen LogP contribution in [0.2, 0.25) is 0 Å². The zero-order valence-electron chi connectivity index (χ0n) is 13.0. The van der Waals surface area contributed by atoms with Gasteiger partial charge in [0.25, 0.3) is 0 Å². The van der Waals surface area contributed by atoms with E-state index < -0.39 is 11.7 Å². The molecule has 0 aliphatic carbocycles. The summed E-state index contributed by atoms with van der Waals surface area (Å²) in [6.45, 7) is 2.11. The molecule has 3 aromatic rings. The number of aromatic amines is 1. The SMILES string of the molecule is CCOc1cccc(-c2n[nH]c(-c3ncccc3C(F)(F)F)n2)c1O. The van der Waals surface area contributed by atoms with Gasteiger partial charge < -0.3 is 9.84 Å². The molecule has 25 heavy (non-hydrogen) atoms. The normalized spacial score (nSPS) is 11.5. The van der Waals surface area contributed by atoms with Crippen molar-refractivity contribution in [1.29, 1.82) is 0 Å².